The van der Waals surface area contributed by atoms with E-state index >= 15 is 0 Å². The normalized spacial score (nSPS) is 13.0. The molecule has 2 aromatic rings. The number of rotatable bonds is 11. The minimum absolute atomic E-state index is 0.174. The molecule has 152 valence electrons. The third kappa shape index (κ3) is 6.29. The van der Waals surface area contributed by atoms with Gasteiger partial charge >= 0.3 is 5.97 Å². The highest BCUT2D eigenvalue weighted by Crippen LogP contribution is 2.38. The lowest BCUT2D eigenvalue weighted by Gasteiger charge is -2.26. The molecule has 2 unspecified atom stereocenters. The van der Waals surface area contributed by atoms with E-state index in [0.29, 0.717) is 43.6 Å². The third-order valence-corrected chi connectivity index (χ3v) is 5.09. The summed E-state index contributed by atoms with van der Waals surface area (Å²) in [6, 6.07) is 15.9. The van der Waals surface area contributed by atoms with Crippen LogP contribution in [0.3, 0.4) is 0 Å². The second kappa shape index (κ2) is 11.4. The molecule has 4 heteroatoms. The molecule has 0 amide bonds. The number of carbonyl (C=O) groups excluding carboxylic acids is 1. The largest absolute Gasteiger partial charge is 0.508 e. The summed E-state index contributed by atoms with van der Waals surface area (Å²) in [5, 5.41) is 9.56. The summed E-state index contributed by atoms with van der Waals surface area (Å²) in [7, 11) is 0. The van der Waals surface area contributed by atoms with E-state index in [4.69, 9.17) is 9.47 Å². The maximum atomic E-state index is 11.3. The molecule has 0 radical (unpaired) electrons. The zero-order valence-electron chi connectivity index (χ0n) is 17.2. The molecule has 0 heterocycles. The monoisotopic (exact) mass is 384 g/mol. The van der Waals surface area contributed by atoms with Crippen LogP contribution in [-0.2, 0) is 9.53 Å². The van der Waals surface area contributed by atoms with E-state index in [2.05, 4.69) is 26.0 Å². The molecule has 0 fully saturated rings. The van der Waals surface area contributed by atoms with E-state index < -0.39 is 0 Å². The first-order chi connectivity index (χ1) is 13.6. The summed E-state index contributed by atoms with van der Waals surface area (Å²) >= 11 is 0. The fourth-order valence-corrected chi connectivity index (χ4v) is 3.68. The Labute approximate surface area is 168 Å². The summed E-state index contributed by atoms with van der Waals surface area (Å²) in [5.74, 6) is 1.76. The molecule has 0 aliphatic carbocycles. The van der Waals surface area contributed by atoms with Crippen LogP contribution in [0.1, 0.15) is 69.4 Å². The van der Waals surface area contributed by atoms with Crippen molar-refractivity contribution in [3.8, 4) is 11.5 Å². The first kappa shape index (κ1) is 21.8. The van der Waals surface area contributed by atoms with Crippen LogP contribution in [0, 0.1) is 0 Å². The van der Waals surface area contributed by atoms with Crippen LogP contribution in [0.2, 0.25) is 0 Å². The zero-order chi connectivity index (χ0) is 20.4. The Hall–Kier alpha value is -2.49. The average Bonchev–Trinajstić information content (AvgIpc) is 2.71. The first-order valence-electron chi connectivity index (χ1n) is 10.3. The molecule has 1 N–H and O–H groups in total. The first-order valence-corrected chi connectivity index (χ1v) is 10.3. The van der Waals surface area contributed by atoms with Gasteiger partial charge in [-0.25, -0.2) is 0 Å². The minimum Gasteiger partial charge on any atom is -0.508 e. The molecule has 0 aromatic heterocycles. The molecule has 2 atom stereocenters. The van der Waals surface area contributed by atoms with Crippen molar-refractivity contribution < 1.29 is 19.4 Å². The number of aromatic hydroxyl groups is 1. The van der Waals surface area contributed by atoms with Crippen LogP contribution < -0.4 is 4.74 Å². The predicted molar refractivity (Wildman–Crippen MR) is 112 cm³/mol. The van der Waals surface area contributed by atoms with Crippen LogP contribution in [0.15, 0.2) is 48.5 Å². The van der Waals surface area contributed by atoms with Crippen LogP contribution in [0.4, 0.5) is 0 Å². The Kier molecular flexibility index (Phi) is 8.86. The van der Waals surface area contributed by atoms with Gasteiger partial charge in [-0.15, -0.1) is 0 Å². The fourth-order valence-electron chi connectivity index (χ4n) is 3.68. The minimum atomic E-state index is -0.174. The summed E-state index contributed by atoms with van der Waals surface area (Å²) in [4.78, 5) is 11.3. The number of ether oxygens (including phenoxy) is 2. The van der Waals surface area contributed by atoms with Gasteiger partial charge < -0.3 is 14.6 Å². The van der Waals surface area contributed by atoms with Crippen LogP contribution >= 0.6 is 0 Å². The highest BCUT2D eigenvalue weighted by molar-refractivity contribution is 5.69. The van der Waals surface area contributed by atoms with Gasteiger partial charge in [0.05, 0.1) is 13.2 Å². The molecule has 0 spiro atoms. The second-order valence-electron chi connectivity index (χ2n) is 6.95. The lowest BCUT2D eigenvalue weighted by atomic mass is 9.78. The molecular weight excluding hydrogens is 352 g/mol. The molecule has 0 bridgehead atoms. The van der Waals surface area contributed by atoms with Gasteiger partial charge in [-0.2, -0.15) is 0 Å². The van der Waals surface area contributed by atoms with E-state index in [1.54, 1.807) is 12.1 Å². The topological polar surface area (TPSA) is 55.8 Å². The standard InChI is InChI=1S/C24H32O4/c1-4-22(18-9-13-20(25)14-10-18)23(5-2)19-11-15-21(16-12-19)28-17-7-8-24(26)27-6-3/h9-16,22-23,25H,4-8,17H2,1-3H3. The molecule has 4 nitrogen and oxygen atoms in total. The SMILES string of the molecule is CCOC(=O)CCCOc1ccc(C(CC)C(CC)c2ccc(O)cc2)cc1. The van der Waals surface area contributed by atoms with Crippen LogP contribution in [0.5, 0.6) is 11.5 Å². The van der Waals surface area contributed by atoms with E-state index in [1.807, 2.05) is 31.2 Å². The smallest absolute Gasteiger partial charge is 0.305 e. The number of phenolic OH excluding ortho intramolecular Hbond substituents is 1. The summed E-state index contributed by atoms with van der Waals surface area (Å²) < 4.78 is 10.7. The maximum Gasteiger partial charge on any atom is 0.305 e. The Balaban J connectivity index is 1.97. The van der Waals surface area contributed by atoms with Gasteiger partial charge in [0, 0.05) is 6.42 Å². The van der Waals surface area contributed by atoms with Gasteiger partial charge in [0.25, 0.3) is 0 Å². The lowest BCUT2D eigenvalue weighted by molar-refractivity contribution is -0.143. The Bertz CT molecular complexity index is 706. The van der Waals surface area contributed by atoms with Gasteiger partial charge in [-0.05, 0) is 73.4 Å². The molecule has 2 rings (SSSR count). The van der Waals surface area contributed by atoms with Gasteiger partial charge in [0.2, 0.25) is 0 Å². The fraction of sp³-hybridized carbons (Fsp3) is 0.458. The van der Waals surface area contributed by atoms with Crippen molar-refractivity contribution in [3.63, 3.8) is 0 Å². The van der Waals surface area contributed by atoms with Gasteiger partial charge in [0.15, 0.2) is 0 Å². The highest BCUT2D eigenvalue weighted by Gasteiger charge is 2.22. The van der Waals surface area contributed by atoms with E-state index in [9.17, 15) is 9.90 Å². The van der Waals surface area contributed by atoms with Crippen LogP contribution in [-0.4, -0.2) is 24.3 Å². The molecule has 0 aliphatic rings. The maximum absolute atomic E-state index is 11.3. The van der Waals surface area contributed by atoms with Gasteiger partial charge in [-0.1, -0.05) is 38.1 Å². The number of carbonyl (C=O) groups is 1. The van der Waals surface area contributed by atoms with Gasteiger partial charge in [-0.3, -0.25) is 4.79 Å². The zero-order valence-corrected chi connectivity index (χ0v) is 17.2. The molecule has 0 aliphatic heterocycles. The predicted octanol–water partition coefficient (Wildman–Crippen LogP) is 5.80. The van der Waals surface area contributed by atoms with Crippen molar-refractivity contribution in [1.29, 1.82) is 0 Å². The molecule has 28 heavy (non-hydrogen) atoms. The molecule has 0 saturated heterocycles. The van der Waals surface area contributed by atoms with Crippen molar-refractivity contribution in [1.82, 2.24) is 0 Å². The van der Waals surface area contributed by atoms with Gasteiger partial charge in [0.1, 0.15) is 11.5 Å². The average molecular weight is 385 g/mol. The Morgan fingerprint density at radius 2 is 1.43 bits per heavy atom. The number of esters is 1. The quantitative estimate of drug-likeness (QED) is 0.393. The third-order valence-electron chi connectivity index (χ3n) is 5.09. The molecule has 0 saturated carbocycles. The van der Waals surface area contributed by atoms with Crippen molar-refractivity contribution >= 4 is 5.97 Å². The van der Waals surface area contributed by atoms with E-state index in [0.717, 1.165) is 18.6 Å². The number of phenols is 1. The highest BCUT2D eigenvalue weighted by atomic mass is 16.5. The lowest BCUT2D eigenvalue weighted by Crippen LogP contribution is -2.10. The Morgan fingerprint density at radius 1 is 0.893 bits per heavy atom. The summed E-state index contributed by atoms with van der Waals surface area (Å²) in [5.41, 5.74) is 2.55. The van der Waals surface area contributed by atoms with E-state index in [1.165, 1.54) is 11.1 Å². The summed E-state index contributed by atoms with van der Waals surface area (Å²) in [6.07, 6.45) is 3.11. The van der Waals surface area contributed by atoms with Crippen molar-refractivity contribution in [2.24, 2.45) is 0 Å². The van der Waals surface area contributed by atoms with Crippen molar-refractivity contribution in [2.75, 3.05) is 13.2 Å². The van der Waals surface area contributed by atoms with Crippen molar-refractivity contribution in [2.45, 2.75) is 58.3 Å². The molecular formula is C24H32O4. The number of benzene rings is 2. The summed E-state index contributed by atoms with van der Waals surface area (Å²) in [6.45, 7) is 7.15. The molecule has 2 aromatic carbocycles. The van der Waals surface area contributed by atoms with Crippen molar-refractivity contribution in [3.05, 3.63) is 59.7 Å². The number of hydrogen-bond acceptors (Lipinski definition) is 4. The van der Waals surface area contributed by atoms with Crippen LogP contribution in [0.25, 0.3) is 0 Å². The number of hydrogen-bond donors (Lipinski definition) is 1. The van der Waals surface area contributed by atoms with E-state index in [-0.39, 0.29) is 5.97 Å². The Morgan fingerprint density at radius 3 is 1.93 bits per heavy atom. The second-order valence-corrected chi connectivity index (χ2v) is 6.95.